The van der Waals surface area contributed by atoms with Crippen molar-refractivity contribution in [2.45, 2.75) is 104 Å². The number of methoxy groups -OCH3 is 2. The molecule has 21 heteroatoms. The van der Waals surface area contributed by atoms with E-state index in [-0.39, 0.29) is 72.4 Å². The molecule has 2 N–H and O–H groups in total. The van der Waals surface area contributed by atoms with Gasteiger partial charge in [-0.3, -0.25) is 29.0 Å². The highest BCUT2D eigenvalue weighted by atomic mass is 16.6. The van der Waals surface area contributed by atoms with Gasteiger partial charge in [-0.2, -0.15) is 0 Å². The third-order valence-corrected chi connectivity index (χ3v) is 10.4. The first-order valence-electron chi connectivity index (χ1n) is 21.0. The van der Waals surface area contributed by atoms with Gasteiger partial charge in [-0.05, 0) is 85.3 Å². The summed E-state index contributed by atoms with van der Waals surface area (Å²) in [5.74, 6) is -5.81. The van der Waals surface area contributed by atoms with Crippen molar-refractivity contribution < 1.29 is 81.8 Å². The average molecular weight is 891 g/mol. The minimum Gasteiger partial charge on any atom is -0.503 e. The van der Waals surface area contributed by atoms with Crippen molar-refractivity contribution in [1.29, 1.82) is 0 Å². The van der Waals surface area contributed by atoms with Gasteiger partial charge in [0.25, 0.3) is 23.5 Å². The van der Waals surface area contributed by atoms with Gasteiger partial charge in [0.1, 0.15) is 23.1 Å². The third kappa shape index (κ3) is 12.7. The van der Waals surface area contributed by atoms with Gasteiger partial charge >= 0.3 is 29.8 Å². The van der Waals surface area contributed by atoms with E-state index in [9.17, 15) is 48.3 Å². The molecule has 0 spiro atoms. The third-order valence-electron chi connectivity index (χ3n) is 10.4. The summed E-state index contributed by atoms with van der Waals surface area (Å²) in [6, 6.07) is -0.673. The number of aliphatic hydroxyl groups is 1. The molecule has 63 heavy (non-hydrogen) atoms. The van der Waals surface area contributed by atoms with E-state index in [0.29, 0.717) is 31.8 Å². The normalized spacial score (nSPS) is 21.1. The zero-order valence-electron chi connectivity index (χ0n) is 36.6. The van der Waals surface area contributed by atoms with E-state index < -0.39 is 53.7 Å². The number of aliphatic imine (C=N–C) groups is 1. The maximum absolute atomic E-state index is 11.9. The molecule has 7 rings (SSSR count). The minimum absolute atomic E-state index is 0.00204. The van der Waals surface area contributed by atoms with Crippen molar-refractivity contribution in [3.63, 3.8) is 0 Å². The number of aliphatic carboxylic acids is 1. The maximum atomic E-state index is 11.9. The van der Waals surface area contributed by atoms with Gasteiger partial charge in [0.15, 0.2) is 17.3 Å². The van der Waals surface area contributed by atoms with E-state index in [1.165, 1.54) is 32.0 Å². The summed E-state index contributed by atoms with van der Waals surface area (Å²) in [7, 11) is 2.74. The quantitative estimate of drug-likeness (QED) is 0.122. The van der Waals surface area contributed by atoms with E-state index in [1.54, 1.807) is 37.5 Å². The zero-order valence-corrected chi connectivity index (χ0v) is 36.6. The molecule has 3 atom stereocenters. The van der Waals surface area contributed by atoms with Crippen molar-refractivity contribution in [1.82, 2.24) is 14.7 Å². The summed E-state index contributed by atoms with van der Waals surface area (Å²) < 4.78 is 28.5. The van der Waals surface area contributed by atoms with E-state index >= 15 is 0 Å². The summed E-state index contributed by atoms with van der Waals surface area (Å²) in [5.41, 5.74) is 0.654. The number of ether oxygens (including phenoxy) is 6. The van der Waals surface area contributed by atoms with Crippen LogP contribution in [0.2, 0.25) is 0 Å². The second-order valence-electron chi connectivity index (χ2n) is 14.2. The predicted octanol–water partition coefficient (Wildman–Crippen LogP) is 1.72. The smallest absolute Gasteiger partial charge is 0.375 e. The van der Waals surface area contributed by atoms with Crippen LogP contribution in [0.4, 0.5) is 0 Å². The van der Waals surface area contributed by atoms with Gasteiger partial charge in [-0.25, -0.2) is 19.2 Å². The number of hydrogen-bond acceptors (Lipinski definition) is 17. The Labute approximate surface area is 365 Å². The largest absolute Gasteiger partial charge is 0.503 e. The molecular formula is C42H58N4O17. The molecule has 3 fully saturated rings. The lowest BCUT2D eigenvalue weighted by Gasteiger charge is -2.16. The number of carbonyl (C=O) groups excluding carboxylic acids is 8. The van der Waals surface area contributed by atoms with Crippen LogP contribution < -0.4 is 0 Å². The van der Waals surface area contributed by atoms with E-state index in [2.05, 4.69) is 14.5 Å². The molecule has 7 heterocycles. The lowest BCUT2D eigenvalue weighted by atomic mass is 10.1. The summed E-state index contributed by atoms with van der Waals surface area (Å²) in [4.78, 5) is 110. The fraction of sp³-hybridized carbons (Fsp3) is 0.619. The van der Waals surface area contributed by atoms with Crippen LogP contribution in [0.15, 0.2) is 39.0 Å². The molecule has 3 unspecified atom stereocenters. The van der Waals surface area contributed by atoms with Gasteiger partial charge in [0, 0.05) is 26.2 Å². The first-order chi connectivity index (χ1) is 30.1. The number of hydrogen-bond donors (Lipinski definition) is 2. The number of ketones is 1. The monoisotopic (exact) mass is 890 g/mol. The molecule has 0 aromatic heterocycles. The van der Waals surface area contributed by atoms with Crippen molar-refractivity contribution in [3.05, 3.63) is 34.0 Å². The summed E-state index contributed by atoms with van der Waals surface area (Å²) >= 11 is 0. The Morgan fingerprint density at radius 1 is 0.635 bits per heavy atom. The Bertz CT molecular complexity index is 1880. The molecule has 0 aliphatic carbocycles. The van der Waals surface area contributed by atoms with Crippen LogP contribution >= 0.6 is 0 Å². The first kappa shape index (κ1) is 51.1. The average Bonchev–Trinajstić information content (AvgIpc) is 4.12. The number of aliphatic hydroxyl groups excluding tert-OH is 1. The molecule has 0 radical (unpaired) electrons. The molecule has 21 nitrogen and oxygen atoms in total. The van der Waals surface area contributed by atoms with Crippen LogP contribution in [0.25, 0.3) is 0 Å². The lowest BCUT2D eigenvalue weighted by molar-refractivity contribution is -0.157. The van der Waals surface area contributed by atoms with Crippen LogP contribution in [0, 0.1) is 0 Å². The van der Waals surface area contributed by atoms with Crippen LogP contribution in [0.3, 0.4) is 0 Å². The van der Waals surface area contributed by atoms with Crippen LogP contribution in [0.1, 0.15) is 85.5 Å². The number of carboxylic acid groups (broad SMARTS) is 1. The van der Waals surface area contributed by atoms with Crippen LogP contribution in [0.5, 0.6) is 0 Å². The number of amides is 3. The van der Waals surface area contributed by atoms with Crippen molar-refractivity contribution >= 4 is 59.6 Å². The number of Topliss-reactive ketones (excluding diaryl/α,β-unsaturated/α-hetero) is 1. The highest BCUT2D eigenvalue weighted by Gasteiger charge is 2.48. The fourth-order valence-corrected chi connectivity index (χ4v) is 7.73. The Balaban J connectivity index is 0.000000216. The van der Waals surface area contributed by atoms with E-state index in [0.717, 1.165) is 45.1 Å². The lowest BCUT2D eigenvalue weighted by Crippen LogP contribution is -2.31. The van der Waals surface area contributed by atoms with Crippen LogP contribution in [-0.4, -0.2) is 169 Å². The number of fused-ring (bicyclic) bond motifs is 3. The highest BCUT2D eigenvalue weighted by Crippen LogP contribution is 2.36. The second-order valence-corrected chi connectivity index (χ2v) is 14.2. The van der Waals surface area contributed by atoms with Gasteiger partial charge in [0.2, 0.25) is 0 Å². The van der Waals surface area contributed by atoms with Crippen molar-refractivity contribution in [3.8, 4) is 0 Å². The Hall–Kier alpha value is -6.28. The van der Waals surface area contributed by atoms with E-state index in [4.69, 9.17) is 24.1 Å². The molecule has 3 amide bonds. The fourth-order valence-electron chi connectivity index (χ4n) is 7.73. The zero-order chi connectivity index (χ0) is 46.8. The van der Waals surface area contributed by atoms with Crippen molar-refractivity contribution in [2.75, 3.05) is 66.8 Å². The minimum atomic E-state index is -1.05. The van der Waals surface area contributed by atoms with Gasteiger partial charge < -0.3 is 53.3 Å². The molecule has 0 aromatic rings. The van der Waals surface area contributed by atoms with Gasteiger partial charge in [0.05, 0.1) is 58.8 Å². The molecule has 0 bridgehead atoms. The molecule has 0 aromatic carbocycles. The summed E-state index contributed by atoms with van der Waals surface area (Å²) in [6.07, 6.45) is 8.84. The SMILES string of the molecule is C1=NCCC1.CCOC(=O)C1=C(O)C(=O)N2CCCC12.CCOC(=O)C1=C(OC)C(=O)N2CCCC12.CCOC(=O)CC(=O)C(=O)OCC.COC1=C(C(=O)O)C2CCCN2C1=O. The topological polar surface area (TPSA) is 272 Å². The second kappa shape index (κ2) is 25.0. The standard InChI is InChI=1S/C11H15NO4.C10H13NO4.C9H11NO4.C8H12O5.C4H7N/c1-3-16-11(14)8-7-5-4-6-12(7)10(13)9(8)15-2;1-2-15-10(14)7-6-4-3-5-11(6)9(13)8(7)12;1-14-7-6(9(12)13)5-3-2-4-10(5)8(7)11;1-3-12-7(10)5-6(9)8(11)13-4-2;1-2-4-5-3-1/h7H,3-6H2,1-2H3;6,12H,2-5H2,1H3;5H,2-4H2,1H3,(H,12,13);3-5H2,1-2H3;3H,1-2,4H2. The molecule has 3 saturated heterocycles. The Kier molecular flexibility index (Phi) is 20.3. The number of carbonyl (C=O) groups is 9. The number of nitrogens with zero attached hydrogens (tertiary/aromatic N) is 4. The Morgan fingerprint density at radius 3 is 1.49 bits per heavy atom. The number of rotatable bonds is 12. The summed E-state index contributed by atoms with van der Waals surface area (Å²) in [6.45, 7) is 10.5. The van der Waals surface area contributed by atoms with Crippen LogP contribution in [-0.2, 0) is 71.6 Å². The maximum Gasteiger partial charge on any atom is 0.375 e. The first-order valence-corrected chi connectivity index (χ1v) is 21.0. The van der Waals surface area contributed by atoms with Crippen molar-refractivity contribution in [2.24, 2.45) is 4.99 Å². The number of esters is 4. The number of carboxylic acids is 1. The molecular weight excluding hydrogens is 832 g/mol. The van der Waals surface area contributed by atoms with Gasteiger partial charge in [-0.1, -0.05) is 0 Å². The molecule has 348 valence electrons. The Morgan fingerprint density at radius 2 is 1.08 bits per heavy atom. The van der Waals surface area contributed by atoms with Gasteiger partial charge in [-0.15, -0.1) is 0 Å². The van der Waals surface area contributed by atoms with E-state index in [1.807, 2.05) is 6.21 Å². The predicted molar refractivity (Wildman–Crippen MR) is 218 cm³/mol. The molecule has 7 aliphatic rings. The molecule has 7 aliphatic heterocycles. The molecule has 0 saturated carbocycles. The highest BCUT2D eigenvalue weighted by molar-refractivity contribution is 6.36. The summed E-state index contributed by atoms with van der Waals surface area (Å²) in [5, 5.41) is 18.5.